The van der Waals surface area contributed by atoms with Gasteiger partial charge in [0.1, 0.15) is 0 Å². The minimum Gasteiger partial charge on any atom is -0.321 e. The minimum atomic E-state index is -4.23. The van der Waals surface area contributed by atoms with E-state index in [0.29, 0.717) is 11.5 Å². The van der Waals surface area contributed by atoms with Gasteiger partial charge in [0, 0.05) is 11.5 Å². The standard InChI is InChI=1S/C14H17O3P/c15-18(16,17)14-9-5-4-8-13(14)11-10-12-6-2-1-3-7-12/h4-5,8-9,12H,1-3,6-7H2,(H2,15,16,17). The molecule has 1 aromatic rings. The molecular formula is C14H17O3P. The summed E-state index contributed by atoms with van der Waals surface area (Å²) >= 11 is 0. The lowest BCUT2D eigenvalue weighted by Crippen LogP contribution is -2.09. The van der Waals surface area contributed by atoms with Crippen LogP contribution in [0.4, 0.5) is 0 Å². The van der Waals surface area contributed by atoms with Crippen LogP contribution in [-0.2, 0) is 4.57 Å². The lowest BCUT2D eigenvalue weighted by molar-refractivity contribution is 0.387. The van der Waals surface area contributed by atoms with Gasteiger partial charge in [-0.1, -0.05) is 43.2 Å². The average molecular weight is 264 g/mol. The highest BCUT2D eigenvalue weighted by Gasteiger charge is 2.20. The van der Waals surface area contributed by atoms with Gasteiger partial charge in [0.15, 0.2) is 0 Å². The van der Waals surface area contributed by atoms with E-state index < -0.39 is 7.60 Å². The van der Waals surface area contributed by atoms with Crippen LogP contribution in [0.2, 0.25) is 0 Å². The van der Waals surface area contributed by atoms with E-state index in [0.717, 1.165) is 12.8 Å². The maximum atomic E-state index is 11.3. The highest BCUT2D eigenvalue weighted by molar-refractivity contribution is 7.60. The molecule has 1 aliphatic rings. The van der Waals surface area contributed by atoms with Gasteiger partial charge in [0.25, 0.3) is 0 Å². The van der Waals surface area contributed by atoms with Crippen LogP contribution in [0.3, 0.4) is 0 Å². The smallest absolute Gasteiger partial charge is 0.321 e. The Balaban J connectivity index is 2.24. The first-order valence-electron chi connectivity index (χ1n) is 6.24. The van der Waals surface area contributed by atoms with E-state index in [1.807, 2.05) is 0 Å². The summed E-state index contributed by atoms with van der Waals surface area (Å²) in [6.45, 7) is 0. The second-order valence-corrected chi connectivity index (χ2v) is 6.24. The van der Waals surface area contributed by atoms with Crippen molar-refractivity contribution in [3.8, 4) is 11.8 Å². The predicted molar refractivity (Wildman–Crippen MR) is 71.6 cm³/mol. The van der Waals surface area contributed by atoms with Crippen LogP contribution in [0, 0.1) is 17.8 Å². The Hall–Kier alpha value is -1.07. The summed E-state index contributed by atoms with van der Waals surface area (Å²) in [5.74, 6) is 6.48. The van der Waals surface area contributed by atoms with E-state index >= 15 is 0 Å². The molecule has 3 nitrogen and oxygen atoms in total. The molecular weight excluding hydrogens is 247 g/mol. The van der Waals surface area contributed by atoms with Crippen LogP contribution in [0.5, 0.6) is 0 Å². The average Bonchev–Trinajstić information content (AvgIpc) is 2.37. The number of rotatable bonds is 1. The predicted octanol–water partition coefficient (Wildman–Crippen LogP) is 2.42. The van der Waals surface area contributed by atoms with Gasteiger partial charge < -0.3 is 9.79 Å². The van der Waals surface area contributed by atoms with Gasteiger partial charge in [-0.3, -0.25) is 4.57 Å². The van der Waals surface area contributed by atoms with Gasteiger partial charge in [-0.25, -0.2) is 0 Å². The fourth-order valence-electron chi connectivity index (χ4n) is 2.26. The van der Waals surface area contributed by atoms with Gasteiger partial charge in [-0.2, -0.15) is 0 Å². The first-order chi connectivity index (χ1) is 8.57. The molecule has 0 amide bonds. The van der Waals surface area contributed by atoms with Crippen molar-refractivity contribution in [2.24, 2.45) is 5.92 Å². The topological polar surface area (TPSA) is 57.5 Å². The molecule has 96 valence electrons. The van der Waals surface area contributed by atoms with E-state index in [1.54, 1.807) is 18.2 Å². The fourth-order valence-corrected chi connectivity index (χ4v) is 2.98. The summed E-state index contributed by atoms with van der Waals surface area (Å²) in [7, 11) is -4.23. The Labute approximate surface area is 107 Å². The van der Waals surface area contributed by atoms with Crippen LogP contribution in [-0.4, -0.2) is 9.79 Å². The Kier molecular flexibility index (Phi) is 4.24. The van der Waals surface area contributed by atoms with Crippen LogP contribution in [0.15, 0.2) is 24.3 Å². The quantitative estimate of drug-likeness (QED) is 0.605. The molecule has 2 N–H and O–H groups in total. The Morgan fingerprint density at radius 3 is 2.44 bits per heavy atom. The molecule has 1 aliphatic carbocycles. The maximum Gasteiger partial charge on any atom is 0.357 e. The van der Waals surface area contributed by atoms with Gasteiger partial charge in [0.05, 0.1) is 5.30 Å². The summed E-state index contributed by atoms with van der Waals surface area (Å²) in [5, 5.41) is 0.0355. The lowest BCUT2D eigenvalue weighted by Gasteiger charge is -2.15. The maximum absolute atomic E-state index is 11.3. The highest BCUT2D eigenvalue weighted by Crippen LogP contribution is 2.34. The molecule has 0 heterocycles. The van der Waals surface area contributed by atoms with E-state index in [9.17, 15) is 14.4 Å². The molecule has 18 heavy (non-hydrogen) atoms. The largest absolute Gasteiger partial charge is 0.357 e. The molecule has 0 saturated heterocycles. The molecule has 0 bridgehead atoms. The van der Waals surface area contributed by atoms with Crippen LogP contribution < -0.4 is 5.30 Å². The van der Waals surface area contributed by atoms with Gasteiger partial charge in [0.2, 0.25) is 0 Å². The van der Waals surface area contributed by atoms with Crippen molar-refractivity contribution in [1.29, 1.82) is 0 Å². The first kappa shape index (κ1) is 13.4. The fraction of sp³-hybridized carbons (Fsp3) is 0.429. The van der Waals surface area contributed by atoms with Crippen molar-refractivity contribution >= 4 is 12.9 Å². The van der Waals surface area contributed by atoms with Crippen molar-refractivity contribution in [2.75, 3.05) is 0 Å². The molecule has 0 unspecified atom stereocenters. The van der Waals surface area contributed by atoms with E-state index in [2.05, 4.69) is 11.8 Å². The van der Waals surface area contributed by atoms with Gasteiger partial charge in [-0.15, -0.1) is 0 Å². The third kappa shape index (κ3) is 3.46. The van der Waals surface area contributed by atoms with Crippen molar-refractivity contribution in [3.05, 3.63) is 29.8 Å². The molecule has 0 atom stereocenters. The van der Waals surface area contributed by atoms with Crippen molar-refractivity contribution in [2.45, 2.75) is 32.1 Å². The Bertz CT molecular complexity index is 515. The molecule has 1 aromatic carbocycles. The van der Waals surface area contributed by atoms with Crippen molar-refractivity contribution < 1.29 is 14.4 Å². The molecule has 0 aromatic heterocycles. The molecule has 4 heteroatoms. The minimum absolute atomic E-state index is 0.0355. The normalized spacial score (nSPS) is 17.0. The van der Waals surface area contributed by atoms with Gasteiger partial charge >= 0.3 is 7.60 Å². The summed E-state index contributed by atoms with van der Waals surface area (Å²) in [5.41, 5.74) is 0.455. The molecule has 2 rings (SSSR count). The van der Waals surface area contributed by atoms with Crippen LogP contribution >= 0.6 is 7.60 Å². The molecule has 1 saturated carbocycles. The monoisotopic (exact) mass is 264 g/mol. The number of hydrogen-bond donors (Lipinski definition) is 2. The van der Waals surface area contributed by atoms with Gasteiger partial charge in [-0.05, 0) is 25.0 Å². The van der Waals surface area contributed by atoms with Crippen molar-refractivity contribution in [1.82, 2.24) is 0 Å². The summed E-state index contributed by atoms with van der Waals surface area (Å²) < 4.78 is 11.3. The zero-order valence-corrected chi connectivity index (χ0v) is 11.1. The Morgan fingerprint density at radius 1 is 1.11 bits per heavy atom. The third-order valence-corrected chi connectivity index (χ3v) is 4.25. The third-order valence-electron chi connectivity index (χ3n) is 3.23. The SMILES string of the molecule is O=P(O)(O)c1ccccc1C#CC1CCCCC1. The summed E-state index contributed by atoms with van der Waals surface area (Å²) in [6, 6.07) is 6.50. The van der Waals surface area contributed by atoms with E-state index in [1.165, 1.54) is 25.3 Å². The zero-order valence-electron chi connectivity index (χ0n) is 10.2. The van der Waals surface area contributed by atoms with Crippen molar-refractivity contribution in [3.63, 3.8) is 0 Å². The zero-order chi connectivity index (χ0) is 13.0. The molecule has 0 radical (unpaired) electrons. The molecule has 1 fully saturated rings. The molecule has 0 spiro atoms. The van der Waals surface area contributed by atoms with E-state index in [-0.39, 0.29) is 5.30 Å². The summed E-state index contributed by atoms with van der Waals surface area (Å²) in [6.07, 6.45) is 5.90. The second kappa shape index (κ2) is 5.71. The van der Waals surface area contributed by atoms with Crippen LogP contribution in [0.1, 0.15) is 37.7 Å². The highest BCUT2D eigenvalue weighted by atomic mass is 31.2. The summed E-state index contributed by atoms with van der Waals surface area (Å²) in [4.78, 5) is 18.5. The number of hydrogen-bond acceptors (Lipinski definition) is 1. The first-order valence-corrected chi connectivity index (χ1v) is 7.85. The lowest BCUT2D eigenvalue weighted by atomic mass is 9.90. The van der Waals surface area contributed by atoms with E-state index in [4.69, 9.17) is 0 Å². The van der Waals surface area contributed by atoms with Crippen LogP contribution in [0.25, 0.3) is 0 Å². The number of benzene rings is 1. The molecule has 0 aliphatic heterocycles. The second-order valence-electron chi connectivity index (χ2n) is 4.67. The Morgan fingerprint density at radius 2 is 1.78 bits per heavy atom.